The van der Waals surface area contributed by atoms with Gasteiger partial charge in [-0.05, 0) is 48.9 Å². The van der Waals surface area contributed by atoms with Gasteiger partial charge in [-0.1, -0.05) is 23.7 Å². The Kier molecular flexibility index (Phi) is 3.40. The van der Waals surface area contributed by atoms with Gasteiger partial charge in [0.05, 0.1) is 7.11 Å². The first kappa shape index (κ1) is 14.0. The van der Waals surface area contributed by atoms with Gasteiger partial charge < -0.3 is 14.3 Å². The van der Waals surface area contributed by atoms with Gasteiger partial charge in [0.1, 0.15) is 22.7 Å². The second-order valence-corrected chi connectivity index (χ2v) is 5.53. The van der Waals surface area contributed by atoms with Crippen molar-refractivity contribution in [2.75, 3.05) is 7.11 Å². The molecule has 2 aromatic carbocycles. The van der Waals surface area contributed by atoms with E-state index in [0.29, 0.717) is 16.4 Å². The van der Waals surface area contributed by atoms with Gasteiger partial charge in [-0.3, -0.25) is 0 Å². The van der Waals surface area contributed by atoms with E-state index >= 15 is 0 Å². The average Bonchev–Trinajstić information content (AvgIpc) is 2.91. The first-order chi connectivity index (χ1) is 10.0. The highest BCUT2D eigenvalue weighted by Gasteiger charge is 2.29. The van der Waals surface area contributed by atoms with Crippen LogP contribution in [0, 0.1) is 0 Å². The molecule has 3 aromatic rings. The SMILES string of the molecule is COc1ccc(C(C)(O)c2cc3cc(Cl)ccc3o2)cc1. The molecule has 0 aliphatic carbocycles. The number of hydrogen-bond donors (Lipinski definition) is 1. The molecule has 108 valence electrons. The van der Waals surface area contributed by atoms with Gasteiger partial charge in [-0.25, -0.2) is 0 Å². The summed E-state index contributed by atoms with van der Waals surface area (Å²) in [5, 5.41) is 12.3. The van der Waals surface area contributed by atoms with E-state index in [1.807, 2.05) is 36.4 Å². The Balaban J connectivity index is 2.05. The molecule has 21 heavy (non-hydrogen) atoms. The average molecular weight is 303 g/mol. The van der Waals surface area contributed by atoms with Crippen molar-refractivity contribution in [2.45, 2.75) is 12.5 Å². The van der Waals surface area contributed by atoms with Crippen molar-refractivity contribution in [2.24, 2.45) is 0 Å². The summed E-state index contributed by atoms with van der Waals surface area (Å²) in [6.45, 7) is 1.70. The Bertz CT molecular complexity index is 772. The summed E-state index contributed by atoms with van der Waals surface area (Å²) in [5.41, 5.74) is 0.203. The predicted octanol–water partition coefficient (Wildman–Crippen LogP) is 4.35. The number of rotatable bonds is 3. The zero-order chi connectivity index (χ0) is 15.0. The lowest BCUT2D eigenvalue weighted by molar-refractivity contribution is 0.0786. The highest BCUT2D eigenvalue weighted by Crippen LogP contribution is 2.34. The van der Waals surface area contributed by atoms with Crippen LogP contribution >= 0.6 is 11.6 Å². The molecule has 1 N–H and O–H groups in total. The lowest BCUT2D eigenvalue weighted by Gasteiger charge is -2.21. The molecule has 3 rings (SSSR count). The Morgan fingerprint density at radius 2 is 1.81 bits per heavy atom. The summed E-state index contributed by atoms with van der Waals surface area (Å²) in [4.78, 5) is 0. The molecule has 0 radical (unpaired) electrons. The zero-order valence-electron chi connectivity index (χ0n) is 11.8. The lowest BCUT2D eigenvalue weighted by atomic mass is 9.93. The van der Waals surface area contributed by atoms with E-state index in [1.165, 1.54) is 0 Å². The number of furan rings is 1. The van der Waals surface area contributed by atoms with Crippen LogP contribution < -0.4 is 4.74 Å². The Morgan fingerprint density at radius 3 is 2.48 bits per heavy atom. The van der Waals surface area contributed by atoms with Crippen LogP contribution in [-0.4, -0.2) is 12.2 Å². The lowest BCUT2D eigenvalue weighted by Crippen LogP contribution is -2.21. The fraction of sp³-hybridized carbons (Fsp3) is 0.176. The smallest absolute Gasteiger partial charge is 0.144 e. The molecule has 0 bridgehead atoms. The topological polar surface area (TPSA) is 42.6 Å². The van der Waals surface area contributed by atoms with Gasteiger partial charge in [0.25, 0.3) is 0 Å². The number of hydrogen-bond acceptors (Lipinski definition) is 3. The summed E-state index contributed by atoms with van der Waals surface area (Å²) >= 11 is 5.97. The summed E-state index contributed by atoms with van der Waals surface area (Å²) in [6.07, 6.45) is 0. The van der Waals surface area contributed by atoms with Crippen molar-refractivity contribution in [3.05, 3.63) is 64.9 Å². The highest BCUT2D eigenvalue weighted by molar-refractivity contribution is 6.31. The molecule has 1 atom stereocenters. The Morgan fingerprint density at radius 1 is 1.10 bits per heavy atom. The minimum atomic E-state index is -1.22. The van der Waals surface area contributed by atoms with Crippen molar-refractivity contribution in [1.82, 2.24) is 0 Å². The van der Waals surface area contributed by atoms with Crippen molar-refractivity contribution < 1.29 is 14.3 Å². The number of fused-ring (bicyclic) bond motifs is 1. The van der Waals surface area contributed by atoms with Gasteiger partial charge in [-0.15, -0.1) is 0 Å². The molecule has 1 aromatic heterocycles. The van der Waals surface area contributed by atoms with Crippen LogP contribution in [0.2, 0.25) is 5.02 Å². The maximum absolute atomic E-state index is 10.8. The van der Waals surface area contributed by atoms with Crippen LogP contribution in [0.25, 0.3) is 11.0 Å². The van der Waals surface area contributed by atoms with E-state index < -0.39 is 5.60 Å². The van der Waals surface area contributed by atoms with Crippen molar-refractivity contribution in [3.63, 3.8) is 0 Å². The molecule has 1 unspecified atom stereocenters. The molecule has 0 aliphatic rings. The molecule has 1 heterocycles. The standard InChI is InChI=1S/C17H15ClO3/c1-17(19,12-3-6-14(20-2)7-4-12)16-10-11-9-13(18)5-8-15(11)21-16/h3-10,19H,1-2H3. The van der Waals surface area contributed by atoms with E-state index in [1.54, 1.807) is 26.2 Å². The normalized spacial score (nSPS) is 14.1. The molecule has 0 amide bonds. The van der Waals surface area contributed by atoms with Crippen LogP contribution in [0.1, 0.15) is 18.2 Å². The van der Waals surface area contributed by atoms with Gasteiger partial charge in [0, 0.05) is 10.4 Å². The van der Waals surface area contributed by atoms with E-state index in [0.717, 1.165) is 16.7 Å². The largest absolute Gasteiger partial charge is 0.497 e. The van der Waals surface area contributed by atoms with Crippen LogP contribution in [0.15, 0.2) is 52.9 Å². The molecular formula is C17H15ClO3. The van der Waals surface area contributed by atoms with E-state index in [9.17, 15) is 5.11 Å². The molecule has 4 heteroatoms. The molecule has 0 aliphatic heterocycles. The molecule has 0 fully saturated rings. The van der Waals surface area contributed by atoms with Gasteiger partial charge >= 0.3 is 0 Å². The predicted molar refractivity (Wildman–Crippen MR) is 82.9 cm³/mol. The van der Waals surface area contributed by atoms with Gasteiger partial charge in [0.15, 0.2) is 0 Å². The van der Waals surface area contributed by atoms with E-state index in [4.69, 9.17) is 20.8 Å². The Labute approximate surface area is 127 Å². The van der Waals surface area contributed by atoms with E-state index in [-0.39, 0.29) is 0 Å². The summed E-state index contributed by atoms with van der Waals surface area (Å²) in [6, 6.07) is 14.4. The van der Waals surface area contributed by atoms with Crippen LogP contribution in [0.5, 0.6) is 5.75 Å². The fourth-order valence-corrected chi connectivity index (χ4v) is 2.49. The molecule has 0 spiro atoms. The minimum absolute atomic E-state index is 0.477. The van der Waals surface area contributed by atoms with Crippen molar-refractivity contribution in [1.29, 1.82) is 0 Å². The second kappa shape index (κ2) is 5.10. The van der Waals surface area contributed by atoms with Crippen LogP contribution in [0.4, 0.5) is 0 Å². The quantitative estimate of drug-likeness (QED) is 0.782. The first-order valence-electron chi connectivity index (χ1n) is 6.57. The fourth-order valence-electron chi connectivity index (χ4n) is 2.31. The van der Waals surface area contributed by atoms with Crippen LogP contribution in [0.3, 0.4) is 0 Å². The minimum Gasteiger partial charge on any atom is -0.497 e. The summed E-state index contributed by atoms with van der Waals surface area (Å²) in [7, 11) is 1.61. The van der Waals surface area contributed by atoms with Gasteiger partial charge in [0.2, 0.25) is 0 Å². The monoisotopic (exact) mass is 302 g/mol. The summed E-state index contributed by atoms with van der Waals surface area (Å²) in [5.74, 6) is 1.22. The maximum Gasteiger partial charge on any atom is 0.144 e. The van der Waals surface area contributed by atoms with Crippen LogP contribution in [-0.2, 0) is 5.60 Å². The maximum atomic E-state index is 10.8. The van der Waals surface area contributed by atoms with Crippen molar-refractivity contribution in [3.8, 4) is 5.75 Å². The number of methoxy groups -OCH3 is 1. The molecule has 3 nitrogen and oxygen atoms in total. The molecule has 0 saturated carbocycles. The third-order valence-electron chi connectivity index (χ3n) is 3.61. The zero-order valence-corrected chi connectivity index (χ0v) is 12.5. The van der Waals surface area contributed by atoms with E-state index in [2.05, 4.69) is 0 Å². The number of benzene rings is 2. The summed E-state index contributed by atoms with van der Waals surface area (Å²) < 4.78 is 10.9. The Hall–Kier alpha value is -1.97. The molecule has 0 saturated heterocycles. The second-order valence-electron chi connectivity index (χ2n) is 5.09. The molecular weight excluding hydrogens is 288 g/mol. The number of ether oxygens (including phenoxy) is 1. The number of halogens is 1. The van der Waals surface area contributed by atoms with Crippen molar-refractivity contribution >= 4 is 22.6 Å². The third kappa shape index (κ3) is 2.50. The highest BCUT2D eigenvalue weighted by atomic mass is 35.5. The van der Waals surface area contributed by atoms with Gasteiger partial charge in [-0.2, -0.15) is 0 Å². The number of aliphatic hydroxyl groups is 1. The first-order valence-corrected chi connectivity index (χ1v) is 6.95. The third-order valence-corrected chi connectivity index (χ3v) is 3.85.